The minimum Gasteiger partial charge on any atom is -0.443 e. The van der Waals surface area contributed by atoms with Crippen LogP contribution in [0.5, 0.6) is 0 Å². The third-order valence-electron chi connectivity index (χ3n) is 6.36. The number of nitrogens with zero attached hydrogens (tertiary/aromatic N) is 6. The summed E-state index contributed by atoms with van der Waals surface area (Å²) in [5.41, 5.74) is 1.86. The number of anilines is 3. The Morgan fingerprint density at radius 1 is 1.03 bits per heavy atom. The number of rotatable bonds is 8. The van der Waals surface area contributed by atoms with Crippen LogP contribution in [-0.2, 0) is 11.3 Å². The summed E-state index contributed by atoms with van der Waals surface area (Å²) in [6.07, 6.45) is 11.1. The molecule has 0 spiro atoms. The highest BCUT2D eigenvalue weighted by Crippen LogP contribution is 2.25. The van der Waals surface area contributed by atoms with Crippen LogP contribution in [0.4, 0.5) is 26.4 Å². The van der Waals surface area contributed by atoms with Crippen molar-refractivity contribution in [2.24, 2.45) is 0 Å². The van der Waals surface area contributed by atoms with Crippen molar-refractivity contribution in [3.63, 3.8) is 0 Å². The number of carbonyl (C=O) groups is 2. The number of ether oxygens (including phenoxy) is 1. The van der Waals surface area contributed by atoms with Gasteiger partial charge in [-0.15, -0.1) is 5.10 Å². The summed E-state index contributed by atoms with van der Waals surface area (Å²) in [5, 5.41) is 16.5. The van der Waals surface area contributed by atoms with E-state index in [1.807, 2.05) is 6.07 Å². The molecule has 39 heavy (non-hydrogen) atoms. The highest BCUT2D eigenvalue weighted by Gasteiger charge is 2.24. The Labute approximate surface area is 222 Å². The maximum absolute atomic E-state index is 14.0. The third kappa shape index (κ3) is 6.17. The molecule has 1 saturated carbocycles. The van der Waals surface area contributed by atoms with Gasteiger partial charge in [0.2, 0.25) is 0 Å². The first-order valence-electron chi connectivity index (χ1n) is 12.4. The monoisotopic (exact) mass is 534 g/mol. The standard InChI is InChI=1S/C25H27FN10O3/c1-27-20-10-22(35-36-21(13-31-23(20)36)24(37)34-19-6-7-28-12-18(19)26)32-15-2-4-16(5-3-15)33-25(38)39-14-17-11-29-8-9-30-17/h6-13,15-16,27H,2-5,14H2,1H3,(H,32,35)(H,33,38)(H,28,34,37). The average molecular weight is 535 g/mol. The second kappa shape index (κ2) is 11.7. The minimum absolute atomic E-state index is 0.00162. The van der Waals surface area contributed by atoms with Gasteiger partial charge in [0.25, 0.3) is 5.91 Å². The van der Waals surface area contributed by atoms with Crippen molar-refractivity contribution in [3.8, 4) is 0 Å². The van der Waals surface area contributed by atoms with E-state index in [1.165, 1.54) is 23.0 Å². The molecule has 1 fully saturated rings. The number of halogens is 1. The summed E-state index contributed by atoms with van der Waals surface area (Å²) in [4.78, 5) is 41.1. The molecule has 0 atom stereocenters. The van der Waals surface area contributed by atoms with E-state index in [1.54, 1.807) is 25.6 Å². The molecular formula is C25H27FN10O3. The molecule has 4 N–H and O–H groups in total. The van der Waals surface area contributed by atoms with Crippen LogP contribution in [0.3, 0.4) is 0 Å². The number of amides is 2. The third-order valence-corrected chi connectivity index (χ3v) is 6.36. The van der Waals surface area contributed by atoms with Crippen molar-refractivity contribution in [1.82, 2.24) is 34.9 Å². The molecule has 0 unspecified atom stereocenters. The second-order valence-electron chi connectivity index (χ2n) is 8.99. The fraction of sp³-hybridized carbons (Fsp3) is 0.320. The predicted octanol–water partition coefficient (Wildman–Crippen LogP) is 3.00. The molecule has 1 aliphatic rings. The Hall–Kier alpha value is -4.88. The van der Waals surface area contributed by atoms with Crippen molar-refractivity contribution < 1.29 is 18.7 Å². The van der Waals surface area contributed by atoms with Crippen LogP contribution in [0.25, 0.3) is 5.65 Å². The summed E-state index contributed by atoms with van der Waals surface area (Å²) in [6.45, 7) is 0.0598. The average Bonchev–Trinajstić information content (AvgIpc) is 3.38. The minimum atomic E-state index is -0.644. The van der Waals surface area contributed by atoms with Gasteiger partial charge in [0.1, 0.15) is 12.4 Å². The van der Waals surface area contributed by atoms with E-state index < -0.39 is 17.8 Å². The van der Waals surface area contributed by atoms with Crippen LogP contribution in [0, 0.1) is 5.82 Å². The number of hydrogen-bond acceptors (Lipinski definition) is 10. The van der Waals surface area contributed by atoms with Gasteiger partial charge < -0.3 is 26.0 Å². The number of carbonyl (C=O) groups excluding carboxylic acids is 2. The zero-order valence-corrected chi connectivity index (χ0v) is 21.1. The molecule has 2 amide bonds. The molecule has 5 rings (SSSR count). The molecule has 0 saturated heterocycles. The van der Waals surface area contributed by atoms with E-state index in [0.717, 1.165) is 31.9 Å². The van der Waals surface area contributed by atoms with Gasteiger partial charge in [-0.05, 0) is 31.7 Å². The van der Waals surface area contributed by atoms with Gasteiger partial charge in [0.15, 0.2) is 17.2 Å². The van der Waals surface area contributed by atoms with Crippen molar-refractivity contribution >= 4 is 34.8 Å². The van der Waals surface area contributed by atoms with Crippen molar-refractivity contribution in [2.45, 2.75) is 44.4 Å². The van der Waals surface area contributed by atoms with Crippen LogP contribution in [0.1, 0.15) is 41.9 Å². The molecule has 0 aliphatic heterocycles. The van der Waals surface area contributed by atoms with Crippen LogP contribution in [0.15, 0.2) is 49.3 Å². The summed E-state index contributed by atoms with van der Waals surface area (Å²) in [6, 6.07) is 3.30. The molecule has 0 bridgehead atoms. The molecule has 0 radical (unpaired) electrons. The van der Waals surface area contributed by atoms with Gasteiger partial charge in [-0.3, -0.25) is 19.7 Å². The number of nitrogens with one attached hydrogen (secondary N) is 4. The first-order valence-corrected chi connectivity index (χ1v) is 12.4. The van der Waals surface area contributed by atoms with Crippen molar-refractivity contribution in [2.75, 3.05) is 23.0 Å². The fourth-order valence-electron chi connectivity index (χ4n) is 4.38. The first kappa shape index (κ1) is 25.8. The molecule has 4 heterocycles. The van der Waals surface area contributed by atoms with Gasteiger partial charge in [0, 0.05) is 43.8 Å². The number of imidazole rings is 1. The van der Waals surface area contributed by atoms with E-state index in [0.29, 0.717) is 22.8 Å². The maximum atomic E-state index is 14.0. The van der Waals surface area contributed by atoms with E-state index >= 15 is 0 Å². The van der Waals surface area contributed by atoms with Crippen LogP contribution in [0.2, 0.25) is 0 Å². The molecule has 0 aromatic carbocycles. The van der Waals surface area contributed by atoms with E-state index in [4.69, 9.17) is 4.74 Å². The fourth-order valence-corrected chi connectivity index (χ4v) is 4.38. The van der Waals surface area contributed by atoms with Crippen LogP contribution in [-0.4, -0.2) is 60.7 Å². The SMILES string of the molecule is CNc1cc(NC2CCC(NC(=O)OCc3cnccn3)CC2)nn2c(C(=O)Nc3ccncc3F)cnc12. The molecule has 4 aromatic heterocycles. The number of alkyl carbamates (subject to hydrolysis) is 1. The summed E-state index contributed by atoms with van der Waals surface area (Å²) in [5.74, 6) is -0.652. The van der Waals surface area contributed by atoms with Gasteiger partial charge in [0.05, 0.1) is 35.7 Å². The Morgan fingerprint density at radius 2 is 1.82 bits per heavy atom. The van der Waals surface area contributed by atoms with E-state index in [2.05, 4.69) is 46.3 Å². The van der Waals surface area contributed by atoms with E-state index in [9.17, 15) is 14.0 Å². The second-order valence-corrected chi connectivity index (χ2v) is 8.99. The molecule has 14 heteroatoms. The lowest BCUT2D eigenvalue weighted by atomic mass is 9.91. The van der Waals surface area contributed by atoms with Gasteiger partial charge in [-0.25, -0.2) is 18.7 Å². The van der Waals surface area contributed by atoms with E-state index in [-0.39, 0.29) is 30.1 Å². The number of hydrogen-bond donors (Lipinski definition) is 4. The summed E-state index contributed by atoms with van der Waals surface area (Å²) >= 11 is 0. The summed E-state index contributed by atoms with van der Waals surface area (Å²) in [7, 11) is 1.75. The summed E-state index contributed by atoms with van der Waals surface area (Å²) < 4.78 is 20.6. The Morgan fingerprint density at radius 3 is 2.56 bits per heavy atom. The van der Waals surface area contributed by atoms with Crippen molar-refractivity contribution in [1.29, 1.82) is 0 Å². The topological polar surface area (TPSA) is 160 Å². The molecule has 202 valence electrons. The maximum Gasteiger partial charge on any atom is 0.407 e. The molecule has 1 aliphatic carbocycles. The lowest BCUT2D eigenvalue weighted by Gasteiger charge is -2.29. The molecule has 13 nitrogen and oxygen atoms in total. The Bertz CT molecular complexity index is 1460. The largest absolute Gasteiger partial charge is 0.443 e. The predicted molar refractivity (Wildman–Crippen MR) is 140 cm³/mol. The zero-order chi connectivity index (χ0) is 27.2. The Balaban J connectivity index is 1.20. The van der Waals surface area contributed by atoms with Crippen LogP contribution < -0.4 is 21.3 Å². The highest BCUT2D eigenvalue weighted by atomic mass is 19.1. The lowest BCUT2D eigenvalue weighted by Crippen LogP contribution is -2.40. The number of fused-ring (bicyclic) bond motifs is 1. The highest BCUT2D eigenvalue weighted by molar-refractivity contribution is 6.03. The quantitative estimate of drug-likeness (QED) is 0.265. The molecular weight excluding hydrogens is 507 g/mol. The number of pyridine rings is 1. The van der Waals surface area contributed by atoms with Gasteiger partial charge >= 0.3 is 6.09 Å². The first-order chi connectivity index (χ1) is 19.0. The van der Waals surface area contributed by atoms with Gasteiger partial charge in [-0.2, -0.15) is 0 Å². The van der Waals surface area contributed by atoms with Crippen molar-refractivity contribution in [3.05, 3.63) is 66.5 Å². The smallest absolute Gasteiger partial charge is 0.407 e. The van der Waals surface area contributed by atoms with Crippen LogP contribution >= 0.6 is 0 Å². The Kier molecular flexibility index (Phi) is 7.70. The normalized spacial score (nSPS) is 16.9. The molecule has 4 aromatic rings. The van der Waals surface area contributed by atoms with Gasteiger partial charge in [-0.1, -0.05) is 0 Å². The number of aromatic nitrogens is 6. The zero-order valence-electron chi connectivity index (χ0n) is 21.1. The lowest BCUT2D eigenvalue weighted by molar-refractivity contribution is 0.101.